The Morgan fingerprint density at radius 3 is 2.67 bits per heavy atom. The number of hydrogen-bond acceptors (Lipinski definition) is 2. The van der Waals surface area contributed by atoms with E-state index in [-0.39, 0.29) is 12.2 Å². The second kappa shape index (κ2) is 1.96. The SMILES string of the molecule is O[C@H]1CC[C@@H]2CC[C@@H]1O2. The van der Waals surface area contributed by atoms with E-state index in [1.807, 2.05) is 0 Å². The van der Waals surface area contributed by atoms with Gasteiger partial charge in [0.25, 0.3) is 0 Å². The third-order valence-corrected chi connectivity index (χ3v) is 2.35. The third-order valence-electron chi connectivity index (χ3n) is 2.35. The van der Waals surface area contributed by atoms with E-state index >= 15 is 0 Å². The number of ether oxygens (including phenoxy) is 1. The zero-order chi connectivity index (χ0) is 6.27. The highest BCUT2D eigenvalue weighted by atomic mass is 16.5. The van der Waals surface area contributed by atoms with Gasteiger partial charge in [0, 0.05) is 0 Å². The van der Waals surface area contributed by atoms with Gasteiger partial charge in [0.1, 0.15) is 0 Å². The molecule has 0 spiro atoms. The molecule has 2 heteroatoms. The number of aliphatic hydroxyl groups is 1. The highest BCUT2D eigenvalue weighted by molar-refractivity contribution is 4.85. The summed E-state index contributed by atoms with van der Waals surface area (Å²) in [4.78, 5) is 0. The molecule has 9 heavy (non-hydrogen) atoms. The Bertz CT molecular complexity index is 113. The molecule has 2 heterocycles. The molecule has 3 atom stereocenters. The van der Waals surface area contributed by atoms with Crippen molar-refractivity contribution in [2.75, 3.05) is 0 Å². The van der Waals surface area contributed by atoms with E-state index in [1.54, 1.807) is 0 Å². The van der Waals surface area contributed by atoms with Crippen molar-refractivity contribution >= 4 is 0 Å². The summed E-state index contributed by atoms with van der Waals surface area (Å²) in [5.41, 5.74) is 0. The molecule has 0 amide bonds. The monoisotopic (exact) mass is 128 g/mol. The average Bonchev–Trinajstić information content (AvgIpc) is 2.25. The predicted octanol–water partition coefficient (Wildman–Crippen LogP) is 0.689. The van der Waals surface area contributed by atoms with Gasteiger partial charge in [-0.1, -0.05) is 0 Å². The smallest absolute Gasteiger partial charge is 0.0838 e. The summed E-state index contributed by atoms with van der Waals surface area (Å²) in [7, 11) is 0. The van der Waals surface area contributed by atoms with Gasteiger partial charge >= 0.3 is 0 Å². The lowest BCUT2D eigenvalue weighted by Gasteiger charge is -2.24. The maximum absolute atomic E-state index is 9.27. The van der Waals surface area contributed by atoms with Crippen LogP contribution in [-0.2, 0) is 4.74 Å². The van der Waals surface area contributed by atoms with Crippen molar-refractivity contribution in [2.24, 2.45) is 0 Å². The minimum Gasteiger partial charge on any atom is -0.390 e. The Balaban J connectivity index is 2.05. The number of aliphatic hydroxyl groups excluding tert-OH is 1. The zero-order valence-corrected chi connectivity index (χ0v) is 5.42. The zero-order valence-electron chi connectivity index (χ0n) is 5.42. The molecular formula is C7H12O2. The largest absolute Gasteiger partial charge is 0.390 e. The van der Waals surface area contributed by atoms with Crippen LogP contribution in [0.25, 0.3) is 0 Å². The van der Waals surface area contributed by atoms with Crippen LogP contribution in [0.1, 0.15) is 25.7 Å². The first-order chi connectivity index (χ1) is 4.36. The molecule has 0 aromatic rings. The minimum atomic E-state index is -0.163. The van der Waals surface area contributed by atoms with Crippen molar-refractivity contribution < 1.29 is 9.84 Å². The normalized spacial score (nSPS) is 49.7. The highest BCUT2D eigenvalue weighted by Gasteiger charge is 2.35. The first-order valence-electron chi connectivity index (χ1n) is 3.70. The maximum Gasteiger partial charge on any atom is 0.0838 e. The molecule has 0 saturated carbocycles. The minimum absolute atomic E-state index is 0.163. The van der Waals surface area contributed by atoms with Crippen LogP contribution >= 0.6 is 0 Å². The summed E-state index contributed by atoms with van der Waals surface area (Å²) in [6.07, 6.45) is 4.77. The van der Waals surface area contributed by atoms with Crippen molar-refractivity contribution in [1.29, 1.82) is 0 Å². The predicted molar refractivity (Wildman–Crippen MR) is 33.1 cm³/mol. The van der Waals surface area contributed by atoms with E-state index < -0.39 is 0 Å². The van der Waals surface area contributed by atoms with Crippen molar-refractivity contribution in [3.8, 4) is 0 Å². The van der Waals surface area contributed by atoms with Gasteiger partial charge in [-0.3, -0.25) is 0 Å². The first-order valence-corrected chi connectivity index (χ1v) is 3.70. The molecule has 2 rings (SSSR count). The van der Waals surface area contributed by atoms with E-state index in [0.717, 1.165) is 19.3 Å². The van der Waals surface area contributed by atoms with Crippen molar-refractivity contribution in [3.63, 3.8) is 0 Å². The van der Waals surface area contributed by atoms with Gasteiger partial charge in [0.2, 0.25) is 0 Å². The Labute approximate surface area is 54.8 Å². The summed E-state index contributed by atoms with van der Waals surface area (Å²) in [5.74, 6) is 0. The second-order valence-electron chi connectivity index (χ2n) is 3.02. The Morgan fingerprint density at radius 1 is 1.11 bits per heavy atom. The highest BCUT2D eigenvalue weighted by Crippen LogP contribution is 2.32. The molecule has 2 aliphatic heterocycles. The quantitative estimate of drug-likeness (QED) is 0.520. The van der Waals surface area contributed by atoms with Gasteiger partial charge in [0.05, 0.1) is 18.3 Å². The van der Waals surface area contributed by atoms with Gasteiger partial charge < -0.3 is 9.84 Å². The Morgan fingerprint density at radius 2 is 1.89 bits per heavy atom. The van der Waals surface area contributed by atoms with Crippen LogP contribution < -0.4 is 0 Å². The molecule has 2 saturated heterocycles. The maximum atomic E-state index is 9.27. The molecule has 52 valence electrons. The van der Waals surface area contributed by atoms with Crippen LogP contribution in [0, 0.1) is 0 Å². The molecule has 2 nitrogen and oxygen atoms in total. The summed E-state index contributed by atoms with van der Waals surface area (Å²) in [5, 5.41) is 9.27. The number of fused-ring (bicyclic) bond motifs is 2. The van der Waals surface area contributed by atoms with Crippen LogP contribution in [0.15, 0.2) is 0 Å². The first kappa shape index (κ1) is 5.69. The molecule has 0 aromatic carbocycles. The number of hydrogen-bond donors (Lipinski definition) is 1. The topological polar surface area (TPSA) is 29.5 Å². The van der Waals surface area contributed by atoms with Gasteiger partial charge in [0.15, 0.2) is 0 Å². The Kier molecular flexibility index (Phi) is 1.24. The van der Waals surface area contributed by atoms with E-state index in [0.29, 0.717) is 6.10 Å². The molecule has 0 radical (unpaired) electrons. The van der Waals surface area contributed by atoms with Crippen molar-refractivity contribution in [2.45, 2.75) is 44.0 Å². The van der Waals surface area contributed by atoms with E-state index in [2.05, 4.69) is 0 Å². The van der Waals surface area contributed by atoms with Crippen LogP contribution in [0.2, 0.25) is 0 Å². The molecule has 2 fully saturated rings. The van der Waals surface area contributed by atoms with Crippen molar-refractivity contribution in [3.05, 3.63) is 0 Å². The van der Waals surface area contributed by atoms with Gasteiger partial charge in [-0.25, -0.2) is 0 Å². The van der Waals surface area contributed by atoms with Gasteiger partial charge in [-0.2, -0.15) is 0 Å². The molecule has 1 N–H and O–H groups in total. The van der Waals surface area contributed by atoms with Crippen LogP contribution in [0.5, 0.6) is 0 Å². The van der Waals surface area contributed by atoms with E-state index in [1.165, 1.54) is 6.42 Å². The molecule has 0 unspecified atom stereocenters. The average molecular weight is 128 g/mol. The second-order valence-corrected chi connectivity index (χ2v) is 3.02. The van der Waals surface area contributed by atoms with E-state index in [9.17, 15) is 5.11 Å². The fraction of sp³-hybridized carbons (Fsp3) is 1.00. The van der Waals surface area contributed by atoms with Crippen LogP contribution in [0.3, 0.4) is 0 Å². The fourth-order valence-corrected chi connectivity index (χ4v) is 1.77. The Hall–Kier alpha value is -0.0800. The fourth-order valence-electron chi connectivity index (χ4n) is 1.77. The van der Waals surface area contributed by atoms with Crippen LogP contribution in [-0.4, -0.2) is 23.4 Å². The molecule has 2 bridgehead atoms. The molecule has 2 aliphatic rings. The molecule has 0 aliphatic carbocycles. The lowest BCUT2D eigenvalue weighted by atomic mass is 10.1. The lowest BCUT2D eigenvalue weighted by Crippen LogP contribution is -2.31. The molecule has 0 aromatic heterocycles. The van der Waals surface area contributed by atoms with Gasteiger partial charge in [-0.15, -0.1) is 0 Å². The van der Waals surface area contributed by atoms with Crippen LogP contribution in [0.4, 0.5) is 0 Å². The lowest BCUT2D eigenvalue weighted by molar-refractivity contribution is -0.0746. The molecular weight excluding hydrogens is 116 g/mol. The summed E-state index contributed by atoms with van der Waals surface area (Å²) >= 11 is 0. The summed E-state index contributed by atoms with van der Waals surface area (Å²) in [6.45, 7) is 0. The number of rotatable bonds is 0. The summed E-state index contributed by atoms with van der Waals surface area (Å²) < 4.78 is 5.46. The standard InChI is InChI=1S/C7H12O2/c8-6-3-1-5-2-4-7(6)9-5/h5-8H,1-4H2/t5-,6+,7+/m1/s1. The van der Waals surface area contributed by atoms with E-state index in [4.69, 9.17) is 4.74 Å². The summed E-state index contributed by atoms with van der Waals surface area (Å²) in [6, 6.07) is 0. The third kappa shape index (κ3) is 0.864. The van der Waals surface area contributed by atoms with Gasteiger partial charge in [-0.05, 0) is 25.7 Å². The van der Waals surface area contributed by atoms with Crippen molar-refractivity contribution in [1.82, 2.24) is 0 Å².